The molecule has 0 amide bonds. The molecule has 22 heavy (non-hydrogen) atoms. The van der Waals surface area contributed by atoms with E-state index in [1.807, 2.05) is 49.1 Å². The lowest BCUT2D eigenvalue weighted by Crippen LogP contribution is -2.16. The van der Waals surface area contributed by atoms with Gasteiger partial charge in [-0.3, -0.25) is 4.79 Å². The molecule has 0 aliphatic carbocycles. The molecule has 0 unspecified atom stereocenters. The lowest BCUT2D eigenvalue weighted by atomic mass is 10.1. The van der Waals surface area contributed by atoms with E-state index < -0.39 is 15.6 Å². The van der Waals surface area contributed by atoms with Crippen LogP contribution in [0.2, 0.25) is 0 Å². The summed E-state index contributed by atoms with van der Waals surface area (Å²) in [5.74, 6) is -0.391. The molecule has 0 radical (unpaired) electrons. The summed E-state index contributed by atoms with van der Waals surface area (Å²) < 4.78 is 23.7. The summed E-state index contributed by atoms with van der Waals surface area (Å²) in [7, 11) is -3.55. The van der Waals surface area contributed by atoms with Crippen molar-refractivity contribution in [2.24, 2.45) is 0 Å². The van der Waals surface area contributed by atoms with Gasteiger partial charge in [-0.25, -0.2) is 8.42 Å². The number of rotatable bonds is 8. The predicted octanol–water partition coefficient (Wildman–Crippen LogP) is 2.58. The molecular weight excluding hydrogens is 298 g/mol. The van der Waals surface area contributed by atoms with Gasteiger partial charge >= 0.3 is 0 Å². The maximum Gasteiger partial charge on any atom is 0.179 e. The van der Waals surface area contributed by atoms with Crippen LogP contribution in [0.1, 0.15) is 19.4 Å². The van der Waals surface area contributed by atoms with Crippen molar-refractivity contribution in [2.45, 2.75) is 20.3 Å². The van der Waals surface area contributed by atoms with Crippen LogP contribution >= 0.6 is 0 Å². The molecular formula is C17H23NO3S. The van der Waals surface area contributed by atoms with Crippen LogP contribution in [-0.4, -0.2) is 38.4 Å². The molecule has 0 aromatic heterocycles. The second-order valence-corrected chi connectivity index (χ2v) is 6.94. The monoisotopic (exact) mass is 321 g/mol. The number of nitrogens with zero attached hydrogens (tertiary/aromatic N) is 1. The van der Waals surface area contributed by atoms with E-state index in [4.69, 9.17) is 0 Å². The van der Waals surface area contributed by atoms with Crippen LogP contribution in [0.5, 0.6) is 0 Å². The summed E-state index contributed by atoms with van der Waals surface area (Å²) in [5.41, 5.74) is 0.801. The molecule has 0 bridgehead atoms. The van der Waals surface area contributed by atoms with E-state index in [2.05, 4.69) is 0 Å². The van der Waals surface area contributed by atoms with E-state index in [1.54, 1.807) is 12.3 Å². The highest BCUT2D eigenvalue weighted by Gasteiger charge is 2.19. The van der Waals surface area contributed by atoms with Gasteiger partial charge in [0.1, 0.15) is 4.91 Å². The van der Waals surface area contributed by atoms with E-state index in [0.29, 0.717) is 0 Å². The zero-order chi connectivity index (χ0) is 16.6. The second kappa shape index (κ2) is 8.54. The number of carbonyl (C=O) groups excluding carboxylic acids is 1. The van der Waals surface area contributed by atoms with E-state index >= 15 is 0 Å². The van der Waals surface area contributed by atoms with Gasteiger partial charge < -0.3 is 4.90 Å². The number of hydrogen-bond donors (Lipinski definition) is 0. The normalized spacial score (nSPS) is 12.6. The van der Waals surface area contributed by atoms with Gasteiger partial charge in [0.15, 0.2) is 15.6 Å². The number of allylic oxidation sites excluding steroid dienone is 3. The first-order valence-electron chi connectivity index (χ1n) is 7.28. The van der Waals surface area contributed by atoms with E-state index in [9.17, 15) is 13.2 Å². The van der Waals surface area contributed by atoms with Crippen LogP contribution in [0.3, 0.4) is 0 Å². The molecule has 0 N–H and O–H groups in total. The van der Waals surface area contributed by atoms with Gasteiger partial charge in [0.25, 0.3) is 0 Å². The highest BCUT2D eigenvalue weighted by Crippen LogP contribution is 2.11. The highest BCUT2D eigenvalue weighted by molar-refractivity contribution is 7.95. The topological polar surface area (TPSA) is 54.5 Å². The lowest BCUT2D eigenvalue weighted by molar-refractivity contribution is -0.114. The third-order valence-electron chi connectivity index (χ3n) is 3.24. The van der Waals surface area contributed by atoms with E-state index in [-0.39, 0.29) is 11.3 Å². The molecule has 0 fully saturated rings. The van der Waals surface area contributed by atoms with Crippen molar-refractivity contribution in [1.82, 2.24) is 4.90 Å². The molecule has 0 heterocycles. The molecule has 0 atom stereocenters. The van der Waals surface area contributed by atoms with Crippen LogP contribution in [0.4, 0.5) is 0 Å². The van der Waals surface area contributed by atoms with Crippen LogP contribution in [0.15, 0.2) is 53.6 Å². The zero-order valence-corrected chi connectivity index (χ0v) is 14.1. The molecule has 1 aromatic rings. The van der Waals surface area contributed by atoms with Gasteiger partial charge in [-0.1, -0.05) is 30.3 Å². The van der Waals surface area contributed by atoms with Crippen molar-refractivity contribution < 1.29 is 13.2 Å². The first kappa shape index (κ1) is 18.2. The first-order valence-corrected chi connectivity index (χ1v) is 9.17. The number of ketones is 1. The van der Waals surface area contributed by atoms with Crippen LogP contribution < -0.4 is 0 Å². The summed E-state index contributed by atoms with van der Waals surface area (Å²) in [6.07, 6.45) is 5.94. The lowest BCUT2D eigenvalue weighted by Gasteiger charge is -2.14. The van der Waals surface area contributed by atoms with Crippen LogP contribution in [0.25, 0.3) is 0 Å². The van der Waals surface area contributed by atoms with Crippen LogP contribution in [0, 0.1) is 0 Å². The molecule has 0 aliphatic rings. The van der Waals surface area contributed by atoms with Crippen LogP contribution in [-0.2, 0) is 21.1 Å². The fourth-order valence-corrected chi connectivity index (χ4v) is 2.79. The maximum absolute atomic E-state index is 12.3. The molecule has 1 rings (SSSR count). The second-order valence-electron chi connectivity index (χ2n) is 4.95. The number of benzene rings is 1. The molecule has 0 saturated heterocycles. The van der Waals surface area contributed by atoms with Gasteiger partial charge in [0.05, 0.1) is 0 Å². The Morgan fingerprint density at radius 3 is 2.23 bits per heavy atom. The number of carbonyl (C=O) groups is 1. The maximum atomic E-state index is 12.3. The molecule has 1 aromatic carbocycles. The van der Waals surface area contributed by atoms with Gasteiger partial charge in [-0.2, -0.15) is 0 Å². The van der Waals surface area contributed by atoms with Gasteiger partial charge in [-0.05, 0) is 37.8 Å². The smallest absolute Gasteiger partial charge is 0.179 e. The molecule has 120 valence electrons. The quantitative estimate of drug-likeness (QED) is 0.545. The first-order chi connectivity index (χ1) is 10.4. The molecule has 5 heteroatoms. The average molecular weight is 321 g/mol. The van der Waals surface area contributed by atoms with Crippen molar-refractivity contribution in [1.29, 1.82) is 0 Å². The van der Waals surface area contributed by atoms with Crippen molar-refractivity contribution in [3.8, 4) is 0 Å². The van der Waals surface area contributed by atoms with Crippen molar-refractivity contribution in [3.63, 3.8) is 0 Å². The largest absolute Gasteiger partial charge is 0.378 e. The standard InChI is InChI=1S/C17H23NO3S/c1-4-18(5-2)13-9-12-17(22(3,20)21)16(19)14-15-10-7-6-8-11-15/h6-13H,4-5,14H2,1-3H3. The predicted molar refractivity (Wildman–Crippen MR) is 90.1 cm³/mol. The Morgan fingerprint density at radius 2 is 1.73 bits per heavy atom. The third-order valence-corrected chi connectivity index (χ3v) is 4.40. The molecule has 4 nitrogen and oxygen atoms in total. The third kappa shape index (κ3) is 5.85. The van der Waals surface area contributed by atoms with E-state index in [0.717, 1.165) is 24.9 Å². The minimum Gasteiger partial charge on any atom is -0.378 e. The highest BCUT2D eigenvalue weighted by atomic mass is 32.2. The Balaban J connectivity index is 2.96. The fraction of sp³-hybridized carbons (Fsp3) is 0.353. The minimum absolute atomic E-state index is 0.0822. The Labute approximate surface area is 133 Å². The minimum atomic E-state index is -3.55. The number of Topliss-reactive ketones (excluding diaryl/α,β-unsaturated/α-hetero) is 1. The van der Waals surface area contributed by atoms with E-state index in [1.165, 1.54) is 6.08 Å². The van der Waals surface area contributed by atoms with Crippen molar-refractivity contribution >= 4 is 15.6 Å². The number of hydrogen-bond acceptors (Lipinski definition) is 4. The molecule has 0 spiro atoms. The molecule has 0 saturated carbocycles. The Bertz CT molecular complexity index is 642. The van der Waals surface area contributed by atoms with Gasteiger partial charge in [0, 0.05) is 25.8 Å². The average Bonchev–Trinajstić information content (AvgIpc) is 2.47. The molecule has 0 aliphatic heterocycles. The summed E-state index contributed by atoms with van der Waals surface area (Å²) in [5, 5.41) is 0. The Hall–Kier alpha value is -1.88. The van der Waals surface area contributed by atoms with Crippen molar-refractivity contribution in [3.05, 3.63) is 59.2 Å². The Kier molecular flexibility index (Phi) is 7.05. The van der Waals surface area contributed by atoms with Crippen molar-refractivity contribution in [2.75, 3.05) is 19.3 Å². The zero-order valence-electron chi connectivity index (χ0n) is 13.3. The summed E-state index contributed by atoms with van der Waals surface area (Å²) in [6, 6.07) is 9.13. The summed E-state index contributed by atoms with van der Waals surface area (Å²) >= 11 is 0. The number of sulfone groups is 1. The summed E-state index contributed by atoms with van der Waals surface area (Å²) in [6.45, 7) is 5.67. The SMILES string of the molecule is CCN(C=CC=C(C(=O)Cc1ccccc1)S(C)(=O)=O)CC. The Morgan fingerprint density at radius 1 is 1.14 bits per heavy atom. The van der Waals surface area contributed by atoms with Gasteiger partial charge in [-0.15, -0.1) is 0 Å². The summed E-state index contributed by atoms with van der Waals surface area (Å²) in [4.78, 5) is 14.1. The fourth-order valence-electron chi connectivity index (χ4n) is 1.98. The van der Waals surface area contributed by atoms with Gasteiger partial charge in [0.2, 0.25) is 0 Å².